The van der Waals surface area contributed by atoms with Crippen molar-refractivity contribution < 1.29 is 5.11 Å². The minimum absolute atomic E-state index is 0.224. The monoisotopic (exact) mass is 343 g/mol. The van der Waals surface area contributed by atoms with Crippen LogP contribution >= 0.6 is 12.2 Å². The Balaban J connectivity index is 1.63. The number of phenolic OH excluding ortho intramolecular Hbond substituents is 1. The molecule has 0 amide bonds. The molecule has 4 nitrogen and oxygen atoms in total. The summed E-state index contributed by atoms with van der Waals surface area (Å²) in [4.78, 5) is 4.92. The summed E-state index contributed by atoms with van der Waals surface area (Å²) in [5.41, 5.74) is 3.57. The molecule has 24 heavy (non-hydrogen) atoms. The van der Waals surface area contributed by atoms with Crippen LogP contribution in [0.1, 0.15) is 24.0 Å². The molecule has 3 fully saturated rings. The van der Waals surface area contributed by atoms with E-state index in [4.69, 9.17) is 12.2 Å². The summed E-state index contributed by atoms with van der Waals surface area (Å²) in [6.45, 7) is 3.26. The van der Waals surface area contributed by atoms with Gasteiger partial charge < -0.3 is 20.2 Å². The first-order valence-corrected chi connectivity index (χ1v) is 9.39. The van der Waals surface area contributed by atoms with Crippen LogP contribution in [0.5, 0.6) is 5.75 Å². The zero-order valence-corrected chi connectivity index (χ0v) is 15.2. The zero-order valence-electron chi connectivity index (χ0n) is 14.4. The topological polar surface area (TPSA) is 38.7 Å². The Labute approximate surface area is 148 Å². The lowest BCUT2D eigenvalue weighted by atomic mass is 9.61. The molecule has 1 saturated carbocycles. The number of fused-ring (bicyclic) bond motifs is 2. The largest absolute Gasteiger partial charge is 0.508 e. The molecule has 4 aliphatic rings. The summed E-state index contributed by atoms with van der Waals surface area (Å²) in [5, 5.41) is 14.2. The molecule has 5 heteroatoms. The lowest BCUT2D eigenvalue weighted by Crippen LogP contribution is -2.64. The quantitative estimate of drug-likeness (QED) is 0.702. The van der Waals surface area contributed by atoms with Gasteiger partial charge in [-0.3, -0.25) is 0 Å². The molecule has 2 unspecified atom stereocenters. The van der Waals surface area contributed by atoms with E-state index in [9.17, 15) is 5.11 Å². The van der Waals surface area contributed by atoms with Crippen LogP contribution in [0.15, 0.2) is 18.2 Å². The van der Waals surface area contributed by atoms with Crippen LogP contribution in [0.3, 0.4) is 0 Å². The van der Waals surface area contributed by atoms with Gasteiger partial charge in [0.15, 0.2) is 5.11 Å². The molecule has 1 aromatic rings. The van der Waals surface area contributed by atoms with E-state index in [-0.39, 0.29) is 5.41 Å². The third-order valence-corrected chi connectivity index (χ3v) is 7.81. The molecule has 2 N–H and O–H groups in total. The van der Waals surface area contributed by atoms with Crippen LogP contribution in [0.2, 0.25) is 0 Å². The molecule has 2 bridgehead atoms. The number of nitrogens with one attached hydrogen (secondary N) is 1. The van der Waals surface area contributed by atoms with Gasteiger partial charge in [-0.05, 0) is 61.8 Å². The van der Waals surface area contributed by atoms with Gasteiger partial charge in [0, 0.05) is 49.5 Å². The second-order valence-corrected chi connectivity index (χ2v) is 8.82. The van der Waals surface area contributed by atoms with E-state index in [0.717, 1.165) is 24.6 Å². The third-order valence-electron chi connectivity index (χ3n) is 7.34. The van der Waals surface area contributed by atoms with E-state index in [2.05, 4.69) is 34.3 Å². The highest BCUT2D eigenvalue weighted by molar-refractivity contribution is 7.80. The molecule has 2 heterocycles. The maximum absolute atomic E-state index is 10.1. The first kappa shape index (κ1) is 15.0. The van der Waals surface area contributed by atoms with Gasteiger partial charge in [0.05, 0.1) is 0 Å². The minimum atomic E-state index is 0.224. The average Bonchev–Trinajstić information content (AvgIpc) is 2.75. The Morgan fingerprint density at radius 3 is 3.00 bits per heavy atom. The van der Waals surface area contributed by atoms with E-state index in [0.29, 0.717) is 23.1 Å². The molecule has 4 atom stereocenters. The van der Waals surface area contributed by atoms with Crippen LogP contribution < -0.4 is 5.32 Å². The number of hydrogen-bond acceptors (Lipinski definition) is 3. The number of piperidine rings is 1. The molecule has 1 aromatic carbocycles. The van der Waals surface area contributed by atoms with Gasteiger partial charge in [0.2, 0.25) is 0 Å². The van der Waals surface area contributed by atoms with Crippen LogP contribution in [0.4, 0.5) is 0 Å². The Bertz CT molecular complexity index is 737. The molecule has 2 saturated heterocycles. The predicted octanol–water partition coefficient (Wildman–Crippen LogP) is 1.72. The van der Waals surface area contributed by atoms with Crippen LogP contribution in [-0.4, -0.2) is 59.8 Å². The van der Waals surface area contributed by atoms with Gasteiger partial charge in [-0.1, -0.05) is 6.07 Å². The van der Waals surface area contributed by atoms with Crippen molar-refractivity contribution in [1.82, 2.24) is 15.1 Å². The average molecular weight is 343 g/mol. The van der Waals surface area contributed by atoms with E-state index in [1.54, 1.807) is 0 Å². The van der Waals surface area contributed by atoms with Crippen LogP contribution in [0.25, 0.3) is 0 Å². The van der Waals surface area contributed by atoms with Crippen LogP contribution in [-0.2, 0) is 11.8 Å². The third kappa shape index (κ3) is 1.65. The van der Waals surface area contributed by atoms with Crippen molar-refractivity contribution in [3.05, 3.63) is 29.3 Å². The summed E-state index contributed by atoms with van der Waals surface area (Å²) < 4.78 is 0. The summed E-state index contributed by atoms with van der Waals surface area (Å²) in [6, 6.07) is 6.76. The number of aromatic hydroxyl groups is 1. The highest BCUT2D eigenvalue weighted by atomic mass is 32.1. The highest BCUT2D eigenvalue weighted by Gasteiger charge is 2.70. The minimum Gasteiger partial charge on any atom is -0.508 e. The molecule has 128 valence electrons. The molecule has 0 radical (unpaired) electrons. The summed E-state index contributed by atoms with van der Waals surface area (Å²) in [7, 11) is 4.20. The van der Waals surface area contributed by atoms with Gasteiger partial charge in [-0.15, -0.1) is 0 Å². The summed E-state index contributed by atoms with van der Waals surface area (Å²) >= 11 is 5.53. The fraction of sp³-hybridized carbons (Fsp3) is 0.632. The summed E-state index contributed by atoms with van der Waals surface area (Å²) in [5.74, 6) is 1.01. The number of likely N-dealkylation sites (tertiary alicyclic amines) is 2. The molecular weight excluding hydrogens is 318 g/mol. The summed E-state index contributed by atoms with van der Waals surface area (Å²) in [6.07, 6.45) is 3.60. The van der Waals surface area contributed by atoms with Gasteiger partial charge >= 0.3 is 0 Å². The fourth-order valence-corrected chi connectivity index (χ4v) is 6.93. The number of phenols is 1. The van der Waals surface area contributed by atoms with Crippen molar-refractivity contribution >= 4 is 17.3 Å². The Morgan fingerprint density at radius 2 is 2.25 bits per heavy atom. The number of hydrogen-bond donors (Lipinski definition) is 2. The van der Waals surface area contributed by atoms with Crippen molar-refractivity contribution in [3.63, 3.8) is 0 Å². The van der Waals surface area contributed by atoms with E-state index in [1.807, 2.05) is 13.1 Å². The Hall–Kier alpha value is -1.33. The van der Waals surface area contributed by atoms with Crippen molar-refractivity contribution in [1.29, 1.82) is 0 Å². The van der Waals surface area contributed by atoms with Crippen molar-refractivity contribution in [3.8, 4) is 5.75 Å². The first-order valence-electron chi connectivity index (χ1n) is 8.98. The van der Waals surface area contributed by atoms with E-state index < -0.39 is 0 Å². The SMILES string of the molecule is CNC(=S)N1CC[C@]23CC4(Cc5ccc(O)cc52)CN(C)C4[C@@H]3C1. The molecule has 2 spiro atoms. The number of nitrogens with zero attached hydrogens (tertiary/aromatic N) is 2. The fourth-order valence-electron chi connectivity index (χ4n) is 6.77. The van der Waals surface area contributed by atoms with Gasteiger partial charge in [0.1, 0.15) is 5.75 Å². The van der Waals surface area contributed by atoms with E-state index >= 15 is 0 Å². The molecule has 5 rings (SSSR count). The second-order valence-electron chi connectivity index (χ2n) is 8.43. The smallest absolute Gasteiger partial charge is 0.168 e. The number of benzene rings is 1. The zero-order chi connectivity index (χ0) is 16.7. The first-order chi connectivity index (χ1) is 11.5. The lowest BCUT2D eigenvalue weighted by Gasteiger charge is -2.55. The number of rotatable bonds is 0. The standard InChI is InChI=1S/C19H25N3OS/c1-20-17(24)22-6-5-19-10-18(11-21(2)16(18)15(19)9-22)8-12-3-4-13(23)7-14(12)19/h3-4,7,15-16,23H,5-6,8-11H2,1-2H3,(H,20,24)/t15-,16?,18?,19-/m0/s1. The lowest BCUT2D eigenvalue weighted by molar-refractivity contribution is -0.0532. The van der Waals surface area contributed by atoms with E-state index in [1.165, 1.54) is 30.5 Å². The Kier molecular flexibility index (Phi) is 2.89. The van der Waals surface area contributed by atoms with Gasteiger partial charge in [-0.2, -0.15) is 0 Å². The Morgan fingerprint density at radius 1 is 1.42 bits per heavy atom. The molecule has 2 aliphatic heterocycles. The van der Waals surface area contributed by atoms with Gasteiger partial charge in [-0.25, -0.2) is 0 Å². The predicted molar refractivity (Wildman–Crippen MR) is 98.3 cm³/mol. The van der Waals surface area contributed by atoms with Gasteiger partial charge in [0.25, 0.3) is 0 Å². The van der Waals surface area contributed by atoms with Crippen molar-refractivity contribution in [2.24, 2.45) is 11.3 Å². The molecular formula is C19H25N3OS. The highest BCUT2D eigenvalue weighted by Crippen LogP contribution is 2.68. The van der Waals surface area contributed by atoms with Crippen LogP contribution in [0, 0.1) is 11.3 Å². The normalized spacial score (nSPS) is 39.5. The maximum atomic E-state index is 10.1. The number of thiocarbonyl (C=S) groups is 1. The van der Waals surface area contributed by atoms with Crippen molar-refractivity contribution in [2.75, 3.05) is 33.7 Å². The maximum Gasteiger partial charge on any atom is 0.168 e. The molecule has 0 aromatic heterocycles. The van der Waals surface area contributed by atoms with Crippen molar-refractivity contribution in [2.45, 2.75) is 30.7 Å². The second kappa shape index (κ2) is 4.64. The molecule has 2 aliphatic carbocycles.